The first-order chi connectivity index (χ1) is 12.3. The molecule has 1 aliphatic rings. The number of halogens is 4. The number of aromatic nitrogens is 3. The van der Waals surface area contributed by atoms with Gasteiger partial charge in [-0.1, -0.05) is 5.21 Å². The van der Waals surface area contributed by atoms with Crippen LogP contribution in [0, 0.1) is 6.92 Å². The molecule has 1 aromatic carbocycles. The van der Waals surface area contributed by atoms with Crippen LogP contribution in [0.5, 0.6) is 5.75 Å². The van der Waals surface area contributed by atoms with Crippen molar-refractivity contribution >= 4 is 24.0 Å². The van der Waals surface area contributed by atoms with Crippen molar-refractivity contribution in [2.45, 2.75) is 32.2 Å². The fourth-order valence-corrected chi connectivity index (χ4v) is 2.88. The first kappa shape index (κ1) is 21.0. The van der Waals surface area contributed by atoms with E-state index in [9.17, 15) is 18.0 Å². The second-order valence-electron chi connectivity index (χ2n) is 5.98. The van der Waals surface area contributed by atoms with E-state index in [1.54, 1.807) is 11.6 Å². The van der Waals surface area contributed by atoms with Gasteiger partial charge in [0.1, 0.15) is 5.75 Å². The average Bonchev–Trinajstić information content (AvgIpc) is 2.98. The van der Waals surface area contributed by atoms with Gasteiger partial charge in [0.25, 0.3) is 5.91 Å². The number of rotatable bonds is 4. The van der Waals surface area contributed by atoms with Crippen LogP contribution in [-0.2, 0) is 0 Å². The van der Waals surface area contributed by atoms with E-state index in [1.165, 1.54) is 12.1 Å². The first-order valence-electron chi connectivity index (χ1n) is 8.13. The Morgan fingerprint density at radius 3 is 2.48 bits per heavy atom. The lowest BCUT2D eigenvalue weighted by molar-refractivity contribution is -0.274. The lowest BCUT2D eigenvalue weighted by atomic mass is 10.1. The Bertz CT molecular complexity index is 773. The number of carbonyl (C=O) groups is 1. The molecule has 1 aliphatic heterocycles. The van der Waals surface area contributed by atoms with E-state index in [0.717, 1.165) is 38.1 Å². The molecule has 0 saturated carbocycles. The quantitative estimate of drug-likeness (QED) is 0.817. The number of hydrogen-bond acceptors (Lipinski definition) is 5. The lowest BCUT2D eigenvalue weighted by Crippen LogP contribution is -2.30. The molecule has 1 fully saturated rings. The molecule has 7 nitrogen and oxygen atoms in total. The molecule has 148 valence electrons. The van der Waals surface area contributed by atoms with E-state index in [4.69, 9.17) is 0 Å². The highest BCUT2D eigenvalue weighted by atomic mass is 35.5. The van der Waals surface area contributed by atoms with E-state index < -0.39 is 12.3 Å². The number of amides is 1. The Hall–Kier alpha value is -2.33. The molecule has 2 N–H and O–H groups in total. The van der Waals surface area contributed by atoms with Crippen molar-refractivity contribution in [3.8, 4) is 5.75 Å². The van der Waals surface area contributed by atoms with Crippen molar-refractivity contribution in [1.29, 1.82) is 0 Å². The van der Waals surface area contributed by atoms with Gasteiger partial charge in [0, 0.05) is 5.69 Å². The van der Waals surface area contributed by atoms with Crippen LogP contribution in [0.3, 0.4) is 0 Å². The fraction of sp³-hybridized carbons (Fsp3) is 0.438. The summed E-state index contributed by atoms with van der Waals surface area (Å²) < 4.78 is 42.0. The minimum Gasteiger partial charge on any atom is -0.406 e. The zero-order valence-electron chi connectivity index (χ0n) is 14.4. The molecule has 0 unspecified atom stereocenters. The molecule has 2 heterocycles. The van der Waals surface area contributed by atoms with Crippen LogP contribution in [0.4, 0.5) is 18.9 Å². The summed E-state index contributed by atoms with van der Waals surface area (Å²) >= 11 is 0. The Morgan fingerprint density at radius 2 is 1.89 bits per heavy atom. The summed E-state index contributed by atoms with van der Waals surface area (Å²) in [6.07, 6.45) is -2.94. The third-order valence-electron chi connectivity index (χ3n) is 4.14. The van der Waals surface area contributed by atoms with Crippen molar-refractivity contribution in [2.75, 3.05) is 18.4 Å². The normalized spacial score (nSPS) is 15.1. The van der Waals surface area contributed by atoms with Crippen molar-refractivity contribution in [3.05, 3.63) is 35.7 Å². The van der Waals surface area contributed by atoms with Gasteiger partial charge in [-0.15, -0.1) is 30.7 Å². The molecule has 2 aromatic rings. The largest absolute Gasteiger partial charge is 0.573 e. The summed E-state index contributed by atoms with van der Waals surface area (Å²) in [7, 11) is 0. The van der Waals surface area contributed by atoms with Gasteiger partial charge in [0.15, 0.2) is 5.69 Å². The third kappa shape index (κ3) is 5.33. The summed E-state index contributed by atoms with van der Waals surface area (Å²) in [5.74, 6) is -0.823. The summed E-state index contributed by atoms with van der Waals surface area (Å²) in [4.78, 5) is 12.4. The van der Waals surface area contributed by atoms with Crippen molar-refractivity contribution < 1.29 is 22.7 Å². The Labute approximate surface area is 159 Å². The van der Waals surface area contributed by atoms with Crippen LogP contribution in [0.25, 0.3) is 0 Å². The van der Waals surface area contributed by atoms with Gasteiger partial charge in [-0.05, 0) is 57.1 Å². The van der Waals surface area contributed by atoms with Gasteiger partial charge in [0.05, 0.1) is 11.7 Å². The van der Waals surface area contributed by atoms with Crippen LogP contribution < -0.4 is 15.4 Å². The lowest BCUT2D eigenvalue weighted by Gasteiger charge is -2.23. The van der Waals surface area contributed by atoms with Crippen LogP contribution in [0.2, 0.25) is 0 Å². The highest BCUT2D eigenvalue weighted by Crippen LogP contribution is 2.24. The number of hydrogen-bond donors (Lipinski definition) is 2. The minimum atomic E-state index is -4.75. The zero-order chi connectivity index (χ0) is 18.7. The monoisotopic (exact) mass is 405 g/mol. The molecule has 0 radical (unpaired) electrons. The van der Waals surface area contributed by atoms with Gasteiger partial charge in [0.2, 0.25) is 0 Å². The van der Waals surface area contributed by atoms with Gasteiger partial charge in [-0.3, -0.25) is 4.79 Å². The fourth-order valence-electron chi connectivity index (χ4n) is 2.88. The molecule has 1 saturated heterocycles. The maximum absolute atomic E-state index is 12.4. The number of carbonyl (C=O) groups excluding carboxylic acids is 1. The summed E-state index contributed by atoms with van der Waals surface area (Å²) in [6, 6.07) is 5.10. The summed E-state index contributed by atoms with van der Waals surface area (Å²) in [5.41, 5.74) is 1.19. The predicted molar refractivity (Wildman–Crippen MR) is 94.2 cm³/mol. The van der Waals surface area contributed by atoms with Crippen molar-refractivity contribution in [3.63, 3.8) is 0 Å². The molecule has 3 rings (SSSR count). The zero-order valence-corrected chi connectivity index (χ0v) is 15.2. The highest BCUT2D eigenvalue weighted by molar-refractivity contribution is 6.03. The molecule has 1 amide bonds. The Kier molecular flexibility index (Phi) is 6.66. The molecule has 1 aromatic heterocycles. The van der Waals surface area contributed by atoms with Gasteiger partial charge < -0.3 is 15.4 Å². The SMILES string of the molecule is Cc1c(C(=O)Nc2ccc(OC(F)(F)F)cc2)nnn1C1CCNCC1.Cl. The number of piperidine rings is 1. The third-order valence-corrected chi connectivity index (χ3v) is 4.14. The number of alkyl halides is 3. The maximum Gasteiger partial charge on any atom is 0.573 e. The smallest absolute Gasteiger partial charge is 0.406 e. The molecular weight excluding hydrogens is 387 g/mol. The average molecular weight is 406 g/mol. The highest BCUT2D eigenvalue weighted by Gasteiger charge is 2.31. The number of ether oxygens (including phenoxy) is 1. The molecule has 0 bridgehead atoms. The summed E-state index contributed by atoms with van der Waals surface area (Å²) in [6.45, 7) is 3.55. The van der Waals surface area contributed by atoms with Crippen LogP contribution >= 0.6 is 12.4 Å². The van der Waals surface area contributed by atoms with E-state index in [1.807, 2.05) is 0 Å². The second kappa shape index (κ2) is 8.57. The van der Waals surface area contributed by atoms with Crippen LogP contribution in [0.15, 0.2) is 24.3 Å². The molecule has 11 heteroatoms. The number of nitrogens with one attached hydrogen (secondary N) is 2. The topological polar surface area (TPSA) is 81.1 Å². The number of benzene rings is 1. The predicted octanol–water partition coefficient (Wildman–Crippen LogP) is 3.08. The van der Waals surface area contributed by atoms with Crippen LogP contribution in [-0.4, -0.2) is 40.4 Å². The van der Waals surface area contributed by atoms with Gasteiger partial charge >= 0.3 is 6.36 Å². The van der Waals surface area contributed by atoms with Crippen molar-refractivity contribution in [2.24, 2.45) is 0 Å². The van der Waals surface area contributed by atoms with E-state index >= 15 is 0 Å². The summed E-state index contributed by atoms with van der Waals surface area (Å²) in [5, 5.41) is 13.9. The molecule has 0 atom stereocenters. The van der Waals surface area contributed by atoms with Gasteiger partial charge in [-0.25, -0.2) is 4.68 Å². The molecule has 27 heavy (non-hydrogen) atoms. The standard InChI is InChI=1S/C16H18F3N5O2.ClH/c1-10-14(22-23-24(10)12-6-8-20-9-7-12)15(25)21-11-2-4-13(5-3-11)26-16(17,18)19;/h2-5,12,20H,6-9H2,1H3,(H,21,25);1H. The molecule has 0 spiro atoms. The minimum absolute atomic E-state index is 0. The first-order valence-corrected chi connectivity index (χ1v) is 8.13. The second-order valence-corrected chi connectivity index (χ2v) is 5.98. The molecular formula is C16H19ClF3N5O2. The van der Waals surface area contributed by atoms with Gasteiger partial charge in [-0.2, -0.15) is 0 Å². The van der Waals surface area contributed by atoms with E-state index in [-0.39, 0.29) is 29.9 Å². The molecule has 0 aliphatic carbocycles. The maximum atomic E-state index is 12.4. The van der Waals surface area contributed by atoms with Crippen molar-refractivity contribution in [1.82, 2.24) is 20.3 Å². The number of anilines is 1. The van der Waals surface area contributed by atoms with E-state index in [2.05, 4.69) is 25.7 Å². The van der Waals surface area contributed by atoms with E-state index in [0.29, 0.717) is 11.4 Å². The van der Waals surface area contributed by atoms with Crippen LogP contribution in [0.1, 0.15) is 35.1 Å². The number of nitrogens with zero attached hydrogens (tertiary/aromatic N) is 3. The Balaban J connectivity index is 0.00000261. The Morgan fingerprint density at radius 1 is 1.26 bits per heavy atom.